The zero-order valence-corrected chi connectivity index (χ0v) is 18.9. The molecule has 0 saturated carbocycles. The molecule has 2 amide bonds. The Labute approximate surface area is 193 Å². The molecule has 0 heterocycles. The molecule has 1 aliphatic rings. The smallest absolute Gasteiger partial charge is 0.407 e. The highest BCUT2D eigenvalue weighted by molar-refractivity contribution is 5.83. The van der Waals surface area contributed by atoms with Crippen LogP contribution in [-0.2, 0) is 19.1 Å². The van der Waals surface area contributed by atoms with Crippen molar-refractivity contribution in [3.05, 3.63) is 59.7 Å². The van der Waals surface area contributed by atoms with E-state index in [2.05, 4.69) is 22.8 Å². The number of rotatable bonds is 11. The van der Waals surface area contributed by atoms with Gasteiger partial charge in [-0.1, -0.05) is 55.5 Å². The number of carboxylic acids is 1. The van der Waals surface area contributed by atoms with Crippen molar-refractivity contribution in [2.24, 2.45) is 0 Å². The number of hydrogen-bond acceptors (Lipinski definition) is 5. The third-order valence-corrected chi connectivity index (χ3v) is 5.67. The summed E-state index contributed by atoms with van der Waals surface area (Å²) >= 11 is 0. The molecular formula is C25H30N2O6. The fourth-order valence-corrected chi connectivity index (χ4v) is 4.07. The van der Waals surface area contributed by atoms with Crippen LogP contribution in [0, 0.1) is 0 Å². The zero-order valence-electron chi connectivity index (χ0n) is 18.9. The highest BCUT2D eigenvalue weighted by Crippen LogP contribution is 2.44. The number of fused-ring (bicyclic) bond motifs is 3. The maximum absolute atomic E-state index is 12.4. The summed E-state index contributed by atoms with van der Waals surface area (Å²) in [6.07, 6.45) is -0.986. The van der Waals surface area contributed by atoms with E-state index >= 15 is 0 Å². The van der Waals surface area contributed by atoms with Gasteiger partial charge in [0, 0.05) is 19.1 Å². The normalized spacial score (nSPS) is 14.0. The van der Waals surface area contributed by atoms with Crippen molar-refractivity contribution in [1.29, 1.82) is 0 Å². The second-order valence-electron chi connectivity index (χ2n) is 7.85. The standard InChI is InChI=1S/C25H30N2O6/c1-3-22(24(29)30)27-23(28)13-16(32-4-2)14-26-25(31)33-15-21-19-11-7-5-9-17(19)18-10-6-8-12-20(18)21/h5-12,16,21-22H,3-4,13-15H2,1-2H3,(H,26,31)(H,27,28)(H,29,30). The maximum Gasteiger partial charge on any atom is 0.407 e. The number of alkyl carbamates (subject to hydrolysis) is 1. The van der Waals surface area contributed by atoms with Gasteiger partial charge in [0.05, 0.1) is 12.5 Å². The van der Waals surface area contributed by atoms with Crippen LogP contribution in [0.1, 0.15) is 43.7 Å². The average Bonchev–Trinajstić information content (AvgIpc) is 3.13. The predicted molar refractivity (Wildman–Crippen MR) is 123 cm³/mol. The van der Waals surface area contributed by atoms with Gasteiger partial charge in [-0.05, 0) is 35.6 Å². The number of carbonyl (C=O) groups excluding carboxylic acids is 2. The first-order valence-corrected chi connectivity index (χ1v) is 11.2. The Kier molecular flexibility index (Phi) is 8.43. The quantitative estimate of drug-likeness (QED) is 0.480. The van der Waals surface area contributed by atoms with E-state index in [1.807, 2.05) is 36.4 Å². The lowest BCUT2D eigenvalue weighted by Crippen LogP contribution is -2.43. The molecule has 3 N–H and O–H groups in total. The Morgan fingerprint density at radius 1 is 1.00 bits per heavy atom. The number of hydrogen-bond donors (Lipinski definition) is 3. The molecule has 176 valence electrons. The highest BCUT2D eigenvalue weighted by Gasteiger charge is 2.29. The first-order valence-electron chi connectivity index (χ1n) is 11.2. The number of carboxylic acid groups (broad SMARTS) is 1. The highest BCUT2D eigenvalue weighted by atomic mass is 16.5. The molecule has 0 spiro atoms. The molecule has 0 aromatic heterocycles. The van der Waals surface area contributed by atoms with Gasteiger partial charge in [0.1, 0.15) is 12.6 Å². The molecule has 0 saturated heterocycles. The Morgan fingerprint density at radius 2 is 1.61 bits per heavy atom. The zero-order chi connectivity index (χ0) is 23.8. The summed E-state index contributed by atoms with van der Waals surface area (Å²) in [5.74, 6) is -1.58. The van der Waals surface area contributed by atoms with Crippen LogP contribution >= 0.6 is 0 Å². The number of amides is 2. The van der Waals surface area contributed by atoms with Crippen molar-refractivity contribution in [3.8, 4) is 11.1 Å². The molecule has 1 aliphatic carbocycles. The number of carbonyl (C=O) groups is 3. The van der Waals surface area contributed by atoms with Crippen LogP contribution in [0.15, 0.2) is 48.5 Å². The molecule has 8 nitrogen and oxygen atoms in total. The molecule has 0 fully saturated rings. The summed E-state index contributed by atoms with van der Waals surface area (Å²) in [6.45, 7) is 4.07. The first kappa shape index (κ1) is 24.3. The minimum atomic E-state index is -1.09. The summed E-state index contributed by atoms with van der Waals surface area (Å²) in [7, 11) is 0. The average molecular weight is 455 g/mol. The molecule has 2 unspecified atom stereocenters. The van der Waals surface area contributed by atoms with Crippen LogP contribution in [0.25, 0.3) is 11.1 Å². The lowest BCUT2D eigenvalue weighted by molar-refractivity contribution is -0.142. The van der Waals surface area contributed by atoms with Gasteiger partial charge in [0.15, 0.2) is 0 Å². The van der Waals surface area contributed by atoms with E-state index < -0.39 is 30.1 Å². The molecule has 2 aromatic rings. The van der Waals surface area contributed by atoms with Gasteiger partial charge in [-0.2, -0.15) is 0 Å². The van der Waals surface area contributed by atoms with Gasteiger partial charge < -0.3 is 25.2 Å². The number of nitrogens with one attached hydrogen (secondary N) is 2. The van der Waals surface area contributed by atoms with E-state index in [4.69, 9.17) is 14.6 Å². The van der Waals surface area contributed by atoms with Gasteiger partial charge in [0.25, 0.3) is 0 Å². The van der Waals surface area contributed by atoms with Crippen molar-refractivity contribution < 1.29 is 29.0 Å². The Balaban J connectivity index is 1.53. The third kappa shape index (κ3) is 6.10. The van der Waals surface area contributed by atoms with E-state index in [0.717, 1.165) is 22.3 Å². The van der Waals surface area contributed by atoms with Crippen LogP contribution in [0.5, 0.6) is 0 Å². The van der Waals surface area contributed by atoms with Gasteiger partial charge in [-0.15, -0.1) is 0 Å². The van der Waals surface area contributed by atoms with Crippen molar-refractivity contribution in [3.63, 3.8) is 0 Å². The van der Waals surface area contributed by atoms with Crippen molar-refractivity contribution in [2.45, 2.75) is 44.8 Å². The minimum Gasteiger partial charge on any atom is -0.480 e. The van der Waals surface area contributed by atoms with E-state index in [1.54, 1.807) is 13.8 Å². The fraction of sp³-hybridized carbons (Fsp3) is 0.400. The van der Waals surface area contributed by atoms with Gasteiger partial charge in [-0.3, -0.25) is 4.79 Å². The van der Waals surface area contributed by atoms with Gasteiger partial charge in [-0.25, -0.2) is 9.59 Å². The SMILES string of the molecule is CCOC(CNC(=O)OCC1c2ccccc2-c2ccccc21)CC(=O)NC(CC)C(=O)O. The predicted octanol–water partition coefficient (Wildman–Crippen LogP) is 3.30. The second-order valence-corrected chi connectivity index (χ2v) is 7.85. The van der Waals surface area contributed by atoms with E-state index in [0.29, 0.717) is 6.61 Å². The van der Waals surface area contributed by atoms with Crippen molar-refractivity contribution in [2.75, 3.05) is 19.8 Å². The lowest BCUT2D eigenvalue weighted by Gasteiger charge is -2.19. The molecule has 8 heteroatoms. The second kappa shape index (κ2) is 11.5. The summed E-state index contributed by atoms with van der Waals surface area (Å²) in [5, 5.41) is 14.2. The maximum atomic E-state index is 12.4. The van der Waals surface area contributed by atoms with Crippen LogP contribution in [0.2, 0.25) is 0 Å². The van der Waals surface area contributed by atoms with E-state index in [-0.39, 0.29) is 31.9 Å². The summed E-state index contributed by atoms with van der Waals surface area (Å²) in [5.41, 5.74) is 4.55. The van der Waals surface area contributed by atoms with Gasteiger partial charge in [0.2, 0.25) is 5.91 Å². The molecule has 0 bridgehead atoms. The van der Waals surface area contributed by atoms with Crippen LogP contribution in [0.3, 0.4) is 0 Å². The van der Waals surface area contributed by atoms with E-state index in [1.165, 1.54) is 0 Å². The molecule has 2 aromatic carbocycles. The Hall–Kier alpha value is -3.39. The van der Waals surface area contributed by atoms with Crippen LogP contribution in [0.4, 0.5) is 4.79 Å². The number of aliphatic carboxylic acids is 1. The summed E-state index contributed by atoms with van der Waals surface area (Å²) in [4.78, 5) is 35.7. The molecule has 2 atom stereocenters. The van der Waals surface area contributed by atoms with Crippen molar-refractivity contribution in [1.82, 2.24) is 10.6 Å². The van der Waals surface area contributed by atoms with Crippen LogP contribution < -0.4 is 10.6 Å². The van der Waals surface area contributed by atoms with E-state index in [9.17, 15) is 14.4 Å². The minimum absolute atomic E-state index is 0.0430. The Bertz CT molecular complexity index is 947. The summed E-state index contributed by atoms with van der Waals surface area (Å²) < 4.78 is 11.0. The topological polar surface area (TPSA) is 114 Å². The first-order chi connectivity index (χ1) is 15.9. The molecular weight excluding hydrogens is 424 g/mol. The monoisotopic (exact) mass is 454 g/mol. The Morgan fingerprint density at radius 3 is 2.15 bits per heavy atom. The van der Waals surface area contributed by atoms with Crippen LogP contribution in [-0.4, -0.2) is 55.0 Å². The van der Waals surface area contributed by atoms with Crippen molar-refractivity contribution >= 4 is 18.0 Å². The fourth-order valence-electron chi connectivity index (χ4n) is 4.07. The number of ether oxygens (including phenoxy) is 2. The number of benzene rings is 2. The molecule has 0 aliphatic heterocycles. The summed E-state index contributed by atoms with van der Waals surface area (Å²) in [6, 6.07) is 15.2. The molecule has 3 rings (SSSR count). The third-order valence-electron chi connectivity index (χ3n) is 5.67. The lowest BCUT2D eigenvalue weighted by atomic mass is 9.98. The largest absolute Gasteiger partial charge is 0.480 e. The van der Waals surface area contributed by atoms with Gasteiger partial charge >= 0.3 is 12.1 Å². The molecule has 0 radical (unpaired) electrons. The molecule has 33 heavy (non-hydrogen) atoms.